The van der Waals surface area contributed by atoms with E-state index in [1.54, 1.807) is 12.1 Å². The molecule has 1 aromatic rings. The van der Waals surface area contributed by atoms with Crippen molar-refractivity contribution < 1.29 is 13.5 Å². The zero-order valence-corrected chi connectivity index (χ0v) is 13.5. The smallest absolute Gasteiger partial charge is 0.243 e. The second-order valence-corrected chi connectivity index (χ2v) is 6.60. The van der Waals surface area contributed by atoms with Crippen LogP contribution in [0.15, 0.2) is 35.7 Å². The van der Waals surface area contributed by atoms with Gasteiger partial charge >= 0.3 is 0 Å². The Morgan fingerprint density at radius 2 is 2.14 bits per heavy atom. The van der Waals surface area contributed by atoms with Gasteiger partial charge in [-0.15, -0.1) is 6.58 Å². The summed E-state index contributed by atoms with van der Waals surface area (Å²) in [7, 11) is -3.63. The Morgan fingerprint density at radius 1 is 1.43 bits per heavy atom. The van der Waals surface area contributed by atoms with Crippen molar-refractivity contribution in [3.8, 4) is 0 Å². The lowest BCUT2D eigenvalue weighted by Crippen LogP contribution is -2.34. The lowest BCUT2D eigenvalue weighted by atomic mass is 10.1. The van der Waals surface area contributed by atoms with Gasteiger partial charge in [0.25, 0.3) is 0 Å². The molecular formula is C15H24N2O3S. The lowest BCUT2D eigenvalue weighted by molar-refractivity contribution is 0.260. The first kappa shape index (κ1) is 17.8. The number of rotatable bonds is 9. The highest BCUT2D eigenvalue weighted by Crippen LogP contribution is 2.22. The van der Waals surface area contributed by atoms with Crippen LogP contribution >= 0.6 is 0 Å². The first-order chi connectivity index (χ1) is 9.98. The van der Waals surface area contributed by atoms with E-state index in [4.69, 9.17) is 5.11 Å². The normalized spacial score (nSPS) is 11.8. The Morgan fingerprint density at radius 3 is 2.71 bits per heavy atom. The van der Waals surface area contributed by atoms with Gasteiger partial charge in [-0.1, -0.05) is 25.1 Å². The molecule has 1 rings (SSSR count). The molecule has 0 radical (unpaired) electrons. The Kier molecular flexibility index (Phi) is 7.04. The average molecular weight is 312 g/mol. The fourth-order valence-electron chi connectivity index (χ4n) is 2.09. The fourth-order valence-corrected chi connectivity index (χ4v) is 3.77. The van der Waals surface area contributed by atoms with Gasteiger partial charge in [-0.2, -0.15) is 4.31 Å². The van der Waals surface area contributed by atoms with E-state index in [0.29, 0.717) is 6.54 Å². The summed E-state index contributed by atoms with van der Waals surface area (Å²) >= 11 is 0. The second kappa shape index (κ2) is 8.29. The molecule has 0 aliphatic carbocycles. The van der Waals surface area contributed by atoms with Crippen LogP contribution in [0.25, 0.3) is 0 Å². The molecule has 0 unspecified atom stereocenters. The molecule has 0 saturated carbocycles. The van der Waals surface area contributed by atoms with Crippen LogP contribution in [-0.2, 0) is 16.6 Å². The van der Waals surface area contributed by atoms with Crippen molar-refractivity contribution in [1.29, 1.82) is 0 Å². The van der Waals surface area contributed by atoms with Crippen molar-refractivity contribution in [1.82, 2.24) is 9.62 Å². The van der Waals surface area contributed by atoms with Gasteiger partial charge in [-0.05, 0) is 30.7 Å². The van der Waals surface area contributed by atoms with Crippen LogP contribution in [0.2, 0.25) is 0 Å². The molecule has 5 nitrogen and oxygen atoms in total. The molecule has 118 valence electrons. The monoisotopic (exact) mass is 312 g/mol. The van der Waals surface area contributed by atoms with Crippen LogP contribution in [-0.4, -0.2) is 44.1 Å². The third-order valence-electron chi connectivity index (χ3n) is 3.26. The molecule has 0 aliphatic heterocycles. The lowest BCUT2D eigenvalue weighted by Gasteiger charge is -2.21. The van der Waals surface area contributed by atoms with E-state index in [9.17, 15) is 8.42 Å². The zero-order valence-electron chi connectivity index (χ0n) is 12.7. The maximum absolute atomic E-state index is 12.7. The summed E-state index contributed by atoms with van der Waals surface area (Å²) in [6.45, 7) is 8.86. The van der Waals surface area contributed by atoms with Gasteiger partial charge in [-0.3, -0.25) is 0 Å². The van der Waals surface area contributed by atoms with Gasteiger partial charge in [0.05, 0.1) is 11.5 Å². The van der Waals surface area contributed by atoms with Crippen molar-refractivity contribution in [2.75, 3.05) is 26.2 Å². The third kappa shape index (κ3) is 4.38. The van der Waals surface area contributed by atoms with Crippen molar-refractivity contribution in [3.05, 3.63) is 42.0 Å². The quantitative estimate of drug-likeness (QED) is 0.674. The minimum atomic E-state index is -3.63. The molecule has 0 spiro atoms. The van der Waals surface area contributed by atoms with Crippen LogP contribution < -0.4 is 5.32 Å². The van der Waals surface area contributed by atoms with Gasteiger partial charge in [0, 0.05) is 19.6 Å². The van der Waals surface area contributed by atoms with Crippen molar-refractivity contribution >= 4 is 10.0 Å². The van der Waals surface area contributed by atoms with Crippen LogP contribution in [0.1, 0.15) is 18.1 Å². The van der Waals surface area contributed by atoms with Crippen LogP contribution in [0.3, 0.4) is 0 Å². The van der Waals surface area contributed by atoms with Gasteiger partial charge in [0.1, 0.15) is 0 Å². The van der Waals surface area contributed by atoms with E-state index in [1.165, 1.54) is 10.4 Å². The van der Waals surface area contributed by atoms with Gasteiger partial charge in [0.2, 0.25) is 10.0 Å². The maximum Gasteiger partial charge on any atom is 0.243 e. The summed E-state index contributed by atoms with van der Waals surface area (Å²) in [5, 5.41) is 12.3. The fraction of sp³-hybridized carbons (Fsp3) is 0.467. The van der Waals surface area contributed by atoms with E-state index in [1.807, 2.05) is 19.9 Å². The summed E-state index contributed by atoms with van der Waals surface area (Å²) in [5.41, 5.74) is 1.70. The third-order valence-corrected chi connectivity index (χ3v) is 5.27. The van der Waals surface area contributed by atoms with Gasteiger partial charge < -0.3 is 10.4 Å². The molecule has 0 atom stereocenters. The van der Waals surface area contributed by atoms with Gasteiger partial charge in [-0.25, -0.2) is 8.42 Å². The summed E-state index contributed by atoms with van der Waals surface area (Å²) in [6, 6.07) is 5.27. The number of aliphatic hydroxyl groups excluding tert-OH is 1. The highest BCUT2D eigenvalue weighted by molar-refractivity contribution is 7.89. The Hall–Kier alpha value is -1.21. The molecule has 0 fully saturated rings. The highest BCUT2D eigenvalue weighted by Gasteiger charge is 2.25. The van der Waals surface area contributed by atoms with E-state index < -0.39 is 10.0 Å². The molecule has 0 saturated heterocycles. The summed E-state index contributed by atoms with van der Waals surface area (Å²) in [6.07, 6.45) is 1.52. The standard InChI is InChI=1S/C15H24N2O3S/c1-4-9-17(10-11-18)21(19,20)15-8-6-7-14(13(15)3)12-16-5-2/h4,6-8,16,18H,1,5,9-12H2,2-3H3. The van der Waals surface area contributed by atoms with Crippen molar-refractivity contribution in [2.45, 2.75) is 25.3 Å². The molecule has 0 aromatic heterocycles. The predicted molar refractivity (Wildman–Crippen MR) is 84.6 cm³/mol. The average Bonchev–Trinajstić information content (AvgIpc) is 2.45. The molecule has 0 bridgehead atoms. The Bertz CT molecular complexity index is 570. The maximum atomic E-state index is 12.7. The minimum absolute atomic E-state index is 0.0607. The molecule has 6 heteroatoms. The molecule has 0 amide bonds. The molecular weight excluding hydrogens is 288 g/mol. The molecule has 0 heterocycles. The number of hydrogen-bond acceptors (Lipinski definition) is 4. The highest BCUT2D eigenvalue weighted by atomic mass is 32.2. The van der Waals surface area contributed by atoms with Crippen molar-refractivity contribution in [3.63, 3.8) is 0 Å². The first-order valence-corrected chi connectivity index (χ1v) is 8.44. The SMILES string of the molecule is C=CCN(CCO)S(=O)(=O)c1cccc(CNCC)c1C. The Balaban J connectivity index is 3.20. The van der Waals surface area contributed by atoms with Crippen LogP contribution in [0, 0.1) is 6.92 Å². The molecule has 0 aliphatic rings. The largest absolute Gasteiger partial charge is 0.395 e. The molecule has 1 aromatic carbocycles. The predicted octanol–water partition coefficient (Wildman–Crippen LogP) is 1.27. The van der Waals surface area contributed by atoms with Crippen LogP contribution in [0.4, 0.5) is 0 Å². The van der Waals surface area contributed by atoms with Gasteiger partial charge in [0.15, 0.2) is 0 Å². The summed E-state index contributed by atoms with van der Waals surface area (Å²) < 4.78 is 26.6. The molecule has 2 N–H and O–H groups in total. The number of benzene rings is 1. The number of aliphatic hydroxyl groups is 1. The minimum Gasteiger partial charge on any atom is -0.395 e. The number of sulfonamides is 1. The Labute approximate surface area is 127 Å². The zero-order chi connectivity index (χ0) is 15.9. The summed E-state index contributed by atoms with van der Waals surface area (Å²) in [4.78, 5) is 0.285. The van der Waals surface area contributed by atoms with E-state index in [-0.39, 0.29) is 24.6 Å². The number of hydrogen-bond donors (Lipinski definition) is 2. The van der Waals surface area contributed by atoms with E-state index >= 15 is 0 Å². The van der Waals surface area contributed by atoms with Crippen LogP contribution in [0.5, 0.6) is 0 Å². The van der Waals surface area contributed by atoms with E-state index in [0.717, 1.165) is 17.7 Å². The number of nitrogens with zero attached hydrogens (tertiary/aromatic N) is 1. The first-order valence-electron chi connectivity index (χ1n) is 7.00. The van der Waals surface area contributed by atoms with Crippen molar-refractivity contribution in [2.24, 2.45) is 0 Å². The summed E-state index contributed by atoms with van der Waals surface area (Å²) in [5.74, 6) is 0. The molecule has 21 heavy (non-hydrogen) atoms. The van der Waals surface area contributed by atoms with E-state index in [2.05, 4.69) is 11.9 Å². The topological polar surface area (TPSA) is 69.6 Å². The number of nitrogens with one attached hydrogen (secondary N) is 1. The second-order valence-electron chi connectivity index (χ2n) is 4.70.